The van der Waals surface area contributed by atoms with Gasteiger partial charge in [-0.05, 0) is 56.8 Å². The van der Waals surface area contributed by atoms with Gasteiger partial charge in [-0.2, -0.15) is 5.10 Å². The van der Waals surface area contributed by atoms with Crippen molar-refractivity contribution in [2.24, 2.45) is 0 Å². The third kappa shape index (κ3) is 4.58. The van der Waals surface area contributed by atoms with Gasteiger partial charge in [0.05, 0.1) is 24.2 Å². The number of hydrogen-bond acceptors (Lipinski definition) is 5. The van der Waals surface area contributed by atoms with Crippen LogP contribution in [-0.2, 0) is 23.3 Å². The van der Waals surface area contributed by atoms with Crippen LogP contribution in [0.15, 0.2) is 48.5 Å². The van der Waals surface area contributed by atoms with Gasteiger partial charge in [0.25, 0.3) is 5.91 Å². The zero-order chi connectivity index (χ0) is 25.4. The lowest BCUT2D eigenvalue weighted by molar-refractivity contribution is -0.135. The third-order valence-electron chi connectivity index (χ3n) is 7.30. The number of likely N-dealkylation sites (N-methyl/N-ethyl adjacent to an activating group) is 1. The molecule has 3 heterocycles. The van der Waals surface area contributed by atoms with Crippen molar-refractivity contribution in [3.63, 3.8) is 0 Å². The van der Waals surface area contributed by atoms with Crippen LogP contribution < -0.4 is 10.2 Å². The molecule has 9 heteroatoms. The second kappa shape index (κ2) is 9.59. The fourth-order valence-corrected chi connectivity index (χ4v) is 5.19. The Labute approximate surface area is 216 Å². The molecule has 2 aromatic carbocycles. The number of H-pyrrole nitrogens is 1. The van der Waals surface area contributed by atoms with E-state index in [0.717, 1.165) is 48.7 Å². The smallest absolute Gasteiger partial charge is 0.256 e. The number of carbonyl (C=O) groups excluding carboxylic acids is 2. The molecule has 0 atom stereocenters. The van der Waals surface area contributed by atoms with Gasteiger partial charge in [-0.15, -0.1) is 0 Å². The van der Waals surface area contributed by atoms with Crippen molar-refractivity contribution in [1.29, 1.82) is 0 Å². The largest absolute Gasteiger partial charge is 0.369 e. The lowest BCUT2D eigenvalue weighted by Gasteiger charge is -2.34. The maximum Gasteiger partial charge on any atom is 0.256 e. The Kier molecular flexibility index (Phi) is 6.49. The summed E-state index contributed by atoms with van der Waals surface area (Å²) in [4.78, 5) is 32.7. The van der Waals surface area contributed by atoms with Crippen LogP contribution in [0.2, 0.25) is 5.02 Å². The van der Waals surface area contributed by atoms with E-state index >= 15 is 0 Å². The second-order valence-electron chi connectivity index (χ2n) is 10.0. The van der Waals surface area contributed by atoms with E-state index in [1.54, 1.807) is 11.0 Å². The number of aromatic amines is 1. The zero-order valence-electron chi connectivity index (χ0n) is 20.8. The van der Waals surface area contributed by atoms with Crippen LogP contribution >= 0.6 is 11.6 Å². The monoisotopic (exact) mass is 506 g/mol. The average Bonchev–Trinajstić information content (AvgIpc) is 3.39. The summed E-state index contributed by atoms with van der Waals surface area (Å²) < 4.78 is 0. The maximum atomic E-state index is 13.2. The summed E-state index contributed by atoms with van der Waals surface area (Å²) in [5.74, 6) is 0.196. The first-order chi connectivity index (χ1) is 17.2. The number of hydrogen-bond donors (Lipinski definition) is 2. The minimum Gasteiger partial charge on any atom is -0.369 e. The van der Waals surface area contributed by atoms with Crippen molar-refractivity contribution in [2.75, 3.05) is 43.4 Å². The summed E-state index contributed by atoms with van der Waals surface area (Å²) in [6.07, 6.45) is 0.210. The number of fused-ring (bicyclic) bond motifs is 1. The number of nitrogens with zero attached hydrogens (tertiary/aromatic N) is 4. The number of halogens is 1. The fraction of sp³-hybridized carbons (Fsp3) is 0.370. The SMILES string of the molecule is CN1CCN(c2ccc(C(=O)Nc3n[nH]c4c3CN(C(=O)Cc3ccccc3Cl)C4(C)C)cc2)CC1. The number of amides is 2. The van der Waals surface area contributed by atoms with Gasteiger partial charge in [0, 0.05) is 48.0 Å². The van der Waals surface area contributed by atoms with Crippen molar-refractivity contribution in [3.8, 4) is 0 Å². The molecule has 8 nitrogen and oxygen atoms in total. The molecule has 2 N–H and O–H groups in total. The van der Waals surface area contributed by atoms with Gasteiger partial charge in [0.2, 0.25) is 5.91 Å². The minimum absolute atomic E-state index is 0.0329. The molecular formula is C27H31ClN6O2. The highest BCUT2D eigenvalue weighted by molar-refractivity contribution is 6.31. The van der Waals surface area contributed by atoms with E-state index in [4.69, 9.17) is 11.6 Å². The standard InChI is InChI=1S/C27H31ClN6O2/c1-27(2)24-21(17-34(27)23(35)16-19-6-4-5-7-22(19)28)25(31-30-24)29-26(36)18-8-10-20(11-9-18)33-14-12-32(3)13-15-33/h4-11H,12-17H2,1-3H3,(H2,29,30,31,36). The Morgan fingerprint density at radius 3 is 2.44 bits per heavy atom. The molecule has 0 bridgehead atoms. The molecule has 3 aromatic rings. The first kappa shape index (κ1) is 24.3. The van der Waals surface area contributed by atoms with E-state index in [1.807, 2.05) is 56.3 Å². The van der Waals surface area contributed by atoms with Gasteiger partial charge in [-0.3, -0.25) is 14.7 Å². The molecule has 0 saturated carbocycles. The van der Waals surface area contributed by atoms with Gasteiger partial charge in [-0.1, -0.05) is 29.8 Å². The van der Waals surface area contributed by atoms with Crippen molar-refractivity contribution in [1.82, 2.24) is 20.0 Å². The number of benzene rings is 2. The van der Waals surface area contributed by atoms with Crippen molar-refractivity contribution < 1.29 is 9.59 Å². The number of piperazine rings is 1. The van der Waals surface area contributed by atoms with Gasteiger partial charge in [0.15, 0.2) is 5.82 Å². The molecule has 0 radical (unpaired) electrons. The van der Waals surface area contributed by atoms with E-state index in [1.165, 1.54) is 0 Å². The van der Waals surface area contributed by atoms with Crippen molar-refractivity contribution in [3.05, 3.63) is 75.9 Å². The Balaban J connectivity index is 1.27. The number of nitrogens with one attached hydrogen (secondary N) is 2. The van der Waals surface area contributed by atoms with Crippen LogP contribution in [0.4, 0.5) is 11.5 Å². The van der Waals surface area contributed by atoms with E-state index in [0.29, 0.717) is 22.9 Å². The molecule has 36 heavy (non-hydrogen) atoms. The number of anilines is 2. The van der Waals surface area contributed by atoms with Crippen LogP contribution in [0.25, 0.3) is 0 Å². The average molecular weight is 507 g/mol. The lowest BCUT2D eigenvalue weighted by atomic mass is 10.00. The molecule has 188 valence electrons. The Morgan fingerprint density at radius 2 is 1.75 bits per heavy atom. The van der Waals surface area contributed by atoms with E-state index in [2.05, 4.69) is 32.4 Å². The topological polar surface area (TPSA) is 84.6 Å². The first-order valence-electron chi connectivity index (χ1n) is 12.2. The molecule has 2 aliphatic rings. The predicted molar refractivity (Wildman–Crippen MR) is 141 cm³/mol. The Hall–Kier alpha value is -3.36. The Morgan fingerprint density at radius 1 is 1.06 bits per heavy atom. The predicted octanol–water partition coefficient (Wildman–Crippen LogP) is 3.89. The van der Waals surface area contributed by atoms with E-state index in [9.17, 15) is 9.59 Å². The van der Waals surface area contributed by atoms with Crippen LogP contribution in [0.3, 0.4) is 0 Å². The van der Waals surface area contributed by atoms with E-state index in [-0.39, 0.29) is 18.2 Å². The second-order valence-corrected chi connectivity index (χ2v) is 10.4. The summed E-state index contributed by atoms with van der Waals surface area (Å²) in [7, 11) is 2.13. The highest BCUT2D eigenvalue weighted by atomic mass is 35.5. The molecule has 0 unspecified atom stereocenters. The first-order valence-corrected chi connectivity index (χ1v) is 12.6. The van der Waals surface area contributed by atoms with Crippen LogP contribution in [0, 0.1) is 0 Å². The quantitative estimate of drug-likeness (QED) is 0.548. The van der Waals surface area contributed by atoms with Gasteiger partial charge >= 0.3 is 0 Å². The van der Waals surface area contributed by atoms with Crippen molar-refractivity contribution >= 4 is 34.9 Å². The summed E-state index contributed by atoms with van der Waals surface area (Å²) >= 11 is 6.28. The number of rotatable bonds is 5. The maximum absolute atomic E-state index is 13.2. The molecule has 0 aliphatic carbocycles. The molecule has 5 rings (SSSR count). The molecule has 2 amide bonds. The number of carbonyl (C=O) groups is 2. The number of aromatic nitrogens is 2. The molecule has 1 fully saturated rings. The summed E-state index contributed by atoms with van der Waals surface area (Å²) in [6.45, 7) is 8.32. The highest BCUT2D eigenvalue weighted by Gasteiger charge is 2.43. The zero-order valence-corrected chi connectivity index (χ0v) is 21.6. The lowest BCUT2D eigenvalue weighted by Crippen LogP contribution is -2.44. The van der Waals surface area contributed by atoms with Crippen LogP contribution in [0.1, 0.15) is 41.0 Å². The molecule has 1 saturated heterocycles. The van der Waals surface area contributed by atoms with E-state index < -0.39 is 5.54 Å². The summed E-state index contributed by atoms with van der Waals surface area (Å²) in [5, 5.41) is 10.9. The molecular weight excluding hydrogens is 476 g/mol. The Bertz CT molecular complexity index is 1280. The van der Waals surface area contributed by atoms with Gasteiger partial charge in [0.1, 0.15) is 0 Å². The van der Waals surface area contributed by atoms with Gasteiger partial charge < -0.3 is 20.0 Å². The normalized spacial score (nSPS) is 17.2. The highest BCUT2D eigenvalue weighted by Crippen LogP contribution is 2.41. The summed E-state index contributed by atoms with van der Waals surface area (Å²) in [6, 6.07) is 15.1. The molecule has 1 aromatic heterocycles. The fourth-order valence-electron chi connectivity index (χ4n) is 4.99. The molecule has 2 aliphatic heterocycles. The minimum atomic E-state index is -0.589. The third-order valence-corrected chi connectivity index (χ3v) is 7.67. The van der Waals surface area contributed by atoms with Crippen molar-refractivity contribution in [2.45, 2.75) is 32.4 Å². The summed E-state index contributed by atoms with van der Waals surface area (Å²) in [5.41, 5.74) is 3.55. The molecule has 0 spiro atoms. The van der Waals surface area contributed by atoms with Crippen LogP contribution in [-0.4, -0.2) is 65.0 Å². The van der Waals surface area contributed by atoms with Crippen LogP contribution in [0.5, 0.6) is 0 Å². The van der Waals surface area contributed by atoms with Gasteiger partial charge in [-0.25, -0.2) is 0 Å².